The first-order chi connectivity index (χ1) is 18.1. The lowest BCUT2D eigenvalue weighted by molar-refractivity contribution is -0.148. The molecule has 1 aromatic heterocycles. The number of aliphatic carboxylic acids is 1. The van der Waals surface area contributed by atoms with Crippen LogP contribution < -0.4 is 14.9 Å². The zero-order chi connectivity index (χ0) is 28.0. The standard InChI is InChI=1S/C27H28O11/c1-14(33-3)26(31)37-21-11-18-20(12-22(21)38-27(32)15(2)34-4)36-13-19(24(18)28)17-8-6-16(7-9-17)10-23(35-5)25(29)30/h6-9,11-15,23H,10H2,1-5H3,(H,29,30)/t14-,15-,23-/m1/s1. The summed E-state index contributed by atoms with van der Waals surface area (Å²) in [6, 6.07) is 9.23. The molecule has 1 N–H and O–H groups in total. The van der Waals surface area contributed by atoms with Crippen LogP contribution >= 0.6 is 0 Å². The molecule has 0 amide bonds. The Bertz CT molecular complexity index is 1370. The third-order valence-corrected chi connectivity index (χ3v) is 5.88. The van der Waals surface area contributed by atoms with E-state index in [0.717, 1.165) is 0 Å². The zero-order valence-corrected chi connectivity index (χ0v) is 21.5. The number of ether oxygens (including phenoxy) is 5. The molecule has 202 valence electrons. The highest BCUT2D eigenvalue weighted by molar-refractivity contribution is 5.88. The highest BCUT2D eigenvalue weighted by atomic mass is 16.6. The molecule has 0 saturated carbocycles. The fraction of sp³-hybridized carbons (Fsp3) is 0.333. The first-order valence-electron chi connectivity index (χ1n) is 11.5. The maximum Gasteiger partial charge on any atom is 0.340 e. The lowest BCUT2D eigenvalue weighted by Gasteiger charge is -2.15. The Balaban J connectivity index is 2.03. The Hall–Kier alpha value is -4.06. The number of carbonyl (C=O) groups is 3. The van der Waals surface area contributed by atoms with Crippen LogP contribution in [0.1, 0.15) is 19.4 Å². The molecule has 1 heterocycles. The zero-order valence-electron chi connectivity index (χ0n) is 21.5. The summed E-state index contributed by atoms with van der Waals surface area (Å²) in [6.45, 7) is 2.96. The van der Waals surface area contributed by atoms with Gasteiger partial charge in [0.15, 0.2) is 29.8 Å². The van der Waals surface area contributed by atoms with Crippen LogP contribution in [0, 0.1) is 0 Å². The minimum Gasteiger partial charge on any atom is -0.479 e. The number of fused-ring (bicyclic) bond motifs is 1. The molecule has 0 unspecified atom stereocenters. The number of methoxy groups -OCH3 is 3. The van der Waals surface area contributed by atoms with Gasteiger partial charge in [0, 0.05) is 33.8 Å². The summed E-state index contributed by atoms with van der Waals surface area (Å²) >= 11 is 0. The molecule has 0 fully saturated rings. The van der Waals surface area contributed by atoms with Crippen LogP contribution in [0.5, 0.6) is 11.5 Å². The van der Waals surface area contributed by atoms with Crippen molar-refractivity contribution in [1.29, 1.82) is 0 Å². The van der Waals surface area contributed by atoms with Crippen LogP contribution in [0.3, 0.4) is 0 Å². The Labute approximate surface area is 217 Å². The average molecular weight is 529 g/mol. The van der Waals surface area contributed by atoms with Crippen molar-refractivity contribution in [1.82, 2.24) is 0 Å². The van der Waals surface area contributed by atoms with Crippen molar-refractivity contribution in [3.05, 3.63) is 58.4 Å². The van der Waals surface area contributed by atoms with E-state index >= 15 is 0 Å². The van der Waals surface area contributed by atoms with Crippen molar-refractivity contribution < 1.29 is 47.6 Å². The number of benzene rings is 2. The molecule has 11 heteroatoms. The number of carbonyl (C=O) groups excluding carboxylic acids is 2. The fourth-order valence-electron chi connectivity index (χ4n) is 3.38. The molecule has 0 aliphatic carbocycles. The first-order valence-corrected chi connectivity index (χ1v) is 11.5. The van der Waals surface area contributed by atoms with Gasteiger partial charge in [-0.2, -0.15) is 0 Å². The van der Waals surface area contributed by atoms with Gasteiger partial charge in [0.05, 0.1) is 10.9 Å². The normalized spacial score (nSPS) is 13.5. The number of hydrogen-bond acceptors (Lipinski definition) is 10. The SMILES string of the molecule is CO[C@H](C)C(=O)Oc1cc2occ(-c3ccc(C[C@@H](OC)C(=O)O)cc3)c(=O)c2cc1OC(=O)[C@@H](C)OC. The summed E-state index contributed by atoms with van der Waals surface area (Å²) in [7, 11) is 3.99. The lowest BCUT2D eigenvalue weighted by atomic mass is 10.0. The van der Waals surface area contributed by atoms with Crippen molar-refractivity contribution in [2.24, 2.45) is 0 Å². The second-order valence-corrected chi connectivity index (χ2v) is 8.34. The van der Waals surface area contributed by atoms with Crippen molar-refractivity contribution in [3.8, 4) is 22.6 Å². The quantitative estimate of drug-likeness (QED) is 0.289. The smallest absolute Gasteiger partial charge is 0.340 e. The highest BCUT2D eigenvalue weighted by Gasteiger charge is 2.23. The van der Waals surface area contributed by atoms with Gasteiger partial charge >= 0.3 is 17.9 Å². The first kappa shape index (κ1) is 28.5. The highest BCUT2D eigenvalue weighted by Crippen LogP contribution is 2.33. The number of carboxylic acid groups (broad SMARTS) is 1. The van der Waals surface area contributed by atoms with E-state index in [1.54, 1.807) is 24.3 Å². The molecular formula is C27H28O11. The van der Waals surface area contributed by atoms with Gasteiger partial charge in [-0.05, 0) is 31.0 Å². The molecule has 0 spiro atoms. The molecule has 0 aliphatic heterocycles. The van der Waals surface area contributed by atoms with Crippen LogP contribution in [0.15, 0.2) is 51.9 Å². The van der Waals surface area contributed by atoms with Crippen molar-refractivity contribution in [2.75, 3.05) is 21.3 Å². The second-order valence-electron chi connectivity index (χ2n) is 8.34. The minimum atomic E-state index is -1.08. The van der Waals surface area contributed by atoms with Gasteiger partial charge in [0.2, 0.25) is 5.43 Å². The summed E-state index contributed by atoms with van der Waals surface area (Å²) in [5.41, 5.74) is 1.09. The van der Waals surface area contributed by atoms with E-state index in [0.29, 0.717) is 11.1 Å². The van der Waals surface area contributed by atoms with Gasteiger partial charge in [0.1, 0.15) is 11.8 Å². The van der Waals surface area contributed by atoms with Crippen LogP contribution in [0.2, 0.25) is 0 Å². The third kappa shape index (κ3) is 6.43. The van der Waals surface area contributed by atoms with Crippen molar-refractivity contribution in [2.45, 2.75) is 38.6 Å². The average Bonchev–Trinajstić information content (AvgIpc) is 2.91. The fourth-order valence-corrected chi connectivity index (χ4v) is 3.38. The van der Waals surface area contributed by atoms with E-state index < -0.39 is 41.6 Å². The Kier molecular flexibility index (Phi) is 9.35. The second kappa shape index (κ2) is 12.5. The van der Waals surface area contributed by atoms with Crippen molar-refractivity contribution in [3.63, 3.8) is 0 Å². The molecule has 38 heavy (non-hydrogen) atoms. The Morgan fingerprint density at radius 3 is 1.92 bits per heavy atom. The van der Waals surface area contributed by atoms with E-state index in [1.807, 2.05) is 0 Å². The molecular weight excluding hydrogens is 500 g/mol. The summed E-state index contributed by atoms with van der Waals surface area (Å²) in [5, 5.41) is 9.26. The molecule has 0 saturated heterocycles. The maximum absolute atomic E-state index is 13.4. The predicted octanol–water partition coefficient (Wildman–Crippen LogP) is 2.98. The molecule has 3 aromatic rings. The van der Waals surface area contributed by atoms with Gasteiger partial charge in [-0.25, -0.2) is 14.4 Å². The summed E-state index contributed by atoms with van der Waals surface area (Å²) in [5.74, 6) is -2.92. The van der Waals surface area contributed by atoms with Gasteiger partial charge < -0.3 is 33.2 Å². The van der Waals surface area contributed by atoms with E-state index in [4.69, 9.17) is 28.1 Å². The number of rotatable bonds is 11. The monoisotopic (exact) mass is 528 g/mol. The van der Waals surface area contributed by atoms with Gasteiger partial charge in [-0.1, -0.05) is 24.3 Å². The van der Waals surface area contributed by atoms with Crippen LogP contribution in [-0.4, -0.2) is 62.7 Å². The molecule has 0 radical (unpaired) electrons. The molecule has 0 bridgehead atoms. The molecule has 3 atom stereocenters. The van der Waals surface area contributed by atoms with Crippen molar-refractivity contribution >= 4 is 28.9 Å². The Morgan fingerprint density at radius 1 is 0.868 bits per heavy atom. The molecule has 2 aromatic carbocycles. The van der Waals surface area contributed by atoms with Gasteiger partial charge in [0.25, 0.3) is 0 Å². The largest absolute Gasteiger partial charge is 0.479 e. The van der Waals surface area contributed by atoms with E-state index in [9.17, 15) is 24.3 Å². The molecule has 11 nitrogen and oxygen atoms in total. The van der Waals surface area contributed by atoms with E-state index in [1.165, 1.54) is 53.6 Å². The number of hydrogen-bond donors (Lipinski definition) is 1. The number of carboxylic acids is 1. The Morgan fingerprint density at radius 2 is 1.42 bits per heavy atom. The minimum absolute atomic E-state index is 0.0735. The van der Waals surface area contributed by atoms with E-state index in [-0.39, 0.29) is 34.5 Å². The van der Waals surface area contributed by atoms with Crippen LogP contribution in [0.25, 0.3) is 22.1 Å². The lowest BCUT2D eigenvalue weighted by Crippen LogP contribution is -2.27. The topological polar surface area (TPSA) is 148 Å². The molecule has 3 rings (SSSR count). The third-order valence-electron chi connectivity index (χ3n) is 5.88. The van der Waals surface area contributed by atoms with Gasteiger partial charge in [-0.3, -0.25) is 4.79 Å². The summed E-state index contributed by atoms with van der Waals surface area (Å²) < 4.78 is 31.3. The van der Waals surface area contributed by atoms with E-state index in [2.05, 4.69) is 0 Å². The van der Waals surface area contributed by atoms with Crippen LogP contribution in [-0.2, 0) is 35.0 Å². The maximum atomic E-state index is 13.4. The van der Waals surface area contributed by atoms with Crippen LogP contribution in [0.4, 0.5) is 0 Å². The van der Waals surface area contributed by atoms with Gasteiger partial charge in [-0.15, -0.1) is 0 Å². The predicted molar refractivity (Wildman–Crippen MR) is 134 cm³/mol. The molecule has 0 aliphatic rings. The summed E-state index contributed by atoms with van der Waals surface area (Å²) in [6.07, 6.45) is -1.41. The summed E-state index contributed by atoms with van der Waals surface area (Å²) in [4.78, 5) is 49.3. The number of esters is 2.